The van der Waals surface area contributed by atoms with Crippen molar-refractivity contribution in [2.75, 3.05) is 18.5 Å². The highest BCUT2D eigenvalue weighted by atomic mass is 16.4. The van der Waals surface area contributed by atoms with Gasteiger partial charge in [0, 0.05) is 18.8 Å². The Labute approximate surface area is 113 Å². The zero-order valence-electron chi connectivity index (χ0n) is 11.4. The summed E-state index contributed by atoms with van der Waals surface area (Å²) in [5.74, 6) is 0.606. The van der Waals surface area contributed by atoms with Crippen LogP contribution in [0.2, 0.25) is 0 Å². The van der Waals surface area contributed by atoms with Crippen LogP contribution in [0.15, 0.2) is 34.9 Å². The predicted molar refractivity (Wildman–Crippen MR) is 75.6 cm³/mol. The second-order valence-corrected chi connectivity index (χ2v) is 5.20. The summed E-state index contributed by atoms with van der Waals surface area (Å²) in [6.45, 7) is 3.95. The van der Waals surface area contributed by atoms with Gasteiger partial charge in [-0.05, 0) is 31.0 Å². The van der Waals surface area contributed by atoms with Crippen LogP contribution >= 0.6 is 0 Å². The topological polar surface area (TPSA) is 41.3 Å². The number of rotatable bonds is 3. The molecule has 1 atom stereocenters. The smallest absolute Gasteiger partial charge is 0.302 e. The number of para-hydroxylation sites is 1. The number of nitrogens with zero attached hydrogens (tertiary/aromatic N) is 2. The van der Waals surface area contributed by atoms with Crippen molar-refractivity contribution >= 4 is 11.7 Å². The van der Waals surface area contributed by atoms with E-state index in [1.54, 1.807) is 6.26 Å². The van der Waals surface area contributed by atoms with Gasteiger partial charge in [-0.3, -0.25) is 4.90 Å². The molecule has 2 heterocycles. The lowest BCUT2D eigenvalue weighted by molar-refractivity contribution is 0.503. The maximum Gasteiger partial charge on any atom is 0.302 e. The van der Waals surface area contributed by atoms with Gasteiger partial charge in [-0.15, -0.1) is 0 Å². The van der Waals surface area contributed by atoms with E-state index >= 15 is 0 Å². The molecule has 0 spiro atoms. The molecule has 100 valence electrons. The minimum absolute atomic E-state index is 0.606. The second-order valence-electron chi connectivity index (χ2n) is 5.20. The van der Waals surface area contributed by atoms with E-state index in [-0.39, 0.29) is 0 Å². The molecular weight excluding hydrogens is 238 g/mol. The third-order valence-corrected chi connectivity index (χ3v) is 3.47. The van der Waals surface area contributed by atoms with Crippen LogP contribution in [-0.4, -0.2) is 18.6 Å². The monoisotopic (exact) mass is 257 g/mol. The van der Waals surface area contributed by atoms with Gasteiger partial charge < -0.3 is 9.73 Å². The number of aromatic nitrogens is 1. The van der Waals surface area contributed by atoms with E-state index in [1.807, 2.05) is 7.05 Å². The van der Waals surface area contributed by atoms with Crippen LogP contribution in [-0.2, 0) is 13.0 Å². The number of hydrogen-bond donors (Lipinski definition) is 1. The van der Waals surface area contributed by atoms with Crippen molar-refractivity contribution in [1.82, 2.24) is 10.3 Å². The van der Waals surface area contributed by atoms with Gasteiger partial charge in [-0.2, -0.15) is 4.98 Å². The van der Waals surface area contributed by atoms with E-state index in [0.717, 1.165) is 25.2 Å². The summed E-state index contributed by atoms with van der Waals surface area (Å²) in [6, 6.07) is 9.19. The Bertz CT molecular complexity index is 564. The van der Waals surface area contributed by atoms with E-state index in [9.17, 15) is 0 Å². The van der Waals surface area contributed by atoms with Crippen LogP contribution in [0.1, 0.15) is 18.2 Å². The maximum atomic E-state index is 5.64. The Hall–Kier alpha value is -1.81. The first-order valence-corrected chi connectivity index (χ1v) is 6.72. The van der Waals surface area contributed by atoms with E-state index in [0.29, 0.717) is 11.9 Å². The Morgan fingerprint density at radius 3 is 3.11 bits per heavy atom. The molecule has 1 aliphatic heterocycles. The molecule has 0 fully saturated rings. The highest BCUT2D eigenvalue weighted by molar-refractivity contribution is 5.62. The van der Waals surface area contributed by atoms with Crippen LogP contribution in [0.3, 0.4) is 0 Å². The predicted octanol–water partition coefficient (Wildman–Crippen LogP) is 2.72. The SMILES string of the molecule is CNCc1coc(N2CC(C)Cc3ccccc32)n1. The molecule has 0 bridgehead atoms. The van der Waals surface area contributed by atoms with Gasteiger partial charge in [0.15, 0.2) is 0 Å². The molecule has 2 aromatic rings. The molecule has 0 saturated carbocycles. The van der Waals surface area contributed by atoms with Crippen LogP contribution in [0.5, 0.6) is 0 Å². The van der Waals surface area contributed by atoms with Crippen molar-refractivity contribution in [3.63, 3.8) is 0 Å². The summed E-state index contributed by atoms with van der Waals surface area (Å²) in [4.78, 5) is 6.74. The summed E-state index contributed by atoms with van der Waals surface area (Å²) in [7, 11) is 1.91. The average molecular weight is 257 g/mol. The van der Waals surface area contributed by atoms with Crippen LogP contribution < -0.4 is 10.2 Å². The van der Waals surface area contributed by atoms with E-state index in [2.05, 4.69) is 46.4 Å². The van der Waals surface area contributed by atoms with Crippen molar-refractivity contribution in [3.8, 4) is 0 Å². The fraction of sp³-hybridized carbons (Fsp3) is 0.400. The fourth-order valence-electron chi connectivity index (χ4n) is 2.66. The number of oxazole rings is 1. The molecule has 4 heteroatoms. The van der Waals surface area contributed by atoms with Crippen LogP contribution in [0, 0.1) is 5.92 Å². The van der Waals surface area contributed by atoms with Gasteiger partial charge >= 0.3 is 6.01 Å². The molecule has 3 rings (SSSR count). The molecule has 0 amide bonds. The number of nitrogens with one attached hydrogen (secondary N) is 1. The number of hydrogen-bond acceptors (Lipinski definition) is 4. The normalized spacial score (nSPS) is 18.4. The lowest BCUT2D eigenvalue weighted by Gasteiger charge is -2.31. The van der Waals surface area contributed by atoms with Gasteiger partial charge in [0.05, 0.1) is 5.69 Å². The molecule has 0 saturated heterocycles. The van der Waals surface area contributed by atoms with Crippen molar-refractivity contribution in [1.29, 1.82) is 0 Å². The molecule has 1 aromatic carbocycles. The molecule has 4 nitrogen and oxygen atoms in total. The zero-order valence-corrected chi connectivity index (χ0v) is 11.4. The fourth-order valence-corrected chi connectivity index (χ4v) is 2.66. The zero-order chi connectivity index (χ0) is 13.2. The summed E-state index contributed by atoms with van der Waals surface area (Å²) in [5.41, 5.74) is 3.53. The highest BCUT2D eigenvalue weighted by Crippen LogP contribution is 2.34. The molecule has 0 radical (unpaired) electrons. The average Bonchev–Trinajstić information content (AvgIpc) is 2.86. The Morgan fingerprint density at radius 2 is 2.26 bits per heavy atom. The second kappa shape index (κ2) is 5.05. The number of benzene rings is 1. The molecule has 1 aliphatic rings. The quantitative estimate of drug-likeness (QED) is 0.918. The molecule has 1 unspecified atom stereocenters. The van der Waals surface area contributed by atoms with E-state index in [4.69, 9.17) is 4.42 Å². The molecule has 1 aromatic heterocycles. The molecule has 0 aliphatic carbocycles. The maximum absolute atomic E-state index is 5.64. The van der Waals surface area contributed by atoms with Crippen molar-refractivity contribution in [2.24, 2.45) is 5.92 Å². The van der Waals surface area contributed by atoms with Crippen LogP contribution in [0.4, 0.5) is 11.7 Å². The largest absolute Gasteiger partial charge is 0.431 e. The lowest BCUT2D eigenvalue weighted by Crippen LogP contribution is -2.30. The van der Waals surface area contributed by atoms with Crippen molar-refractivity contribution < 1.29 is 4.42 Å². The summed E-state index contributed by atoms with van der Waals surface area (Å²) < 4.78 is 5.64. The Morgan fingerprint density at radius 1 is 1.42 bits per heavy atom. The standard InChI is InChI=1S/C15H19N3O/c1-11-7-12-5-3-4-6-14(12)18(9-11)15-17-13(8-16-2)10-19-15/h3-6,10-11,16H,7-9H2,1-2H3. The molecular formula is C15H19N3O. The van der Waals surface area contributed by atoms with Crippen molar-refractivity contribution in [3.05, 3.63) is 41.8 Å². The minimum Gasteiger partial charge on any atom is -0.431 e. The Balaban J connectivity index is 1.95. The Kier molecular flexibility index (Phi) is 3.25. The summed E-state index contributed by atoms with van der Waals surface area (Å²) in [5, 5.41) is 3.09. The number of anilines is 2. The summed E-state index contributed by atoms with van der Waals surface area (Å²) in [6.07, 6.45) is 2.85. The van der Waals surface area contributed by atoms with Crippen molar-refractivity contribution in [2.45, 2.75) is 19.9 Å². The third kappa shape index (κ3) is 2.36. The first-order chi connectivity index (χ1) is 9.28. The molecule has 1 N–H and O–H groups in total. The lowest BCUT2D eigenvalue weighted by atomic mass is 9.94. The third-order valence-electron chi connectivity index (χ3n) is 3.47. The van der Waals surface area contributed by atoms with Gasteiger partial charge in [0.2, 0.25) is 0 Å². The van der Waals surface area contributed by atoms with E-state index < -0.39 is 0 Å². The van der Waals surface area contributed by atoms with Gasteiger partial charge in [0.1, 0.15) is 6.26 Å². The van der Waals surface area contributed by atoms with Crippen LogP contribution in [0.25, 0.3) is 0 Å². The minimum atomic E-state index is 0.606. The summed E-state index contributed by atoms with van der Waals surface area (Å²) >= 11 is 0. The number of fused-ring (bicyclic) bond motifs is 1. The van der Waals surface area contributed by atoms with Gasteiger partial charge in [0.25, 0.3) is 0 Å². The first-order valence-electron chi connectivity index (χ1n) is 6.72. The van der Waals surface area contributed by atoms with E-state index in [1.165, 1.54) is 11.3 Å². The van der Waals surface area contributed by atoms with Gasteiger partial charge in [-0.1, -0.05) is 25.1 Å². The van der Waals surface area contributed by atoms with Gasteiger partial charge in [-0.25, -0.2) is 0 Å². The molecule has 19 heavy (non-hydrogen) atoms. The highest BCUT2D eigenvalue weighted by Gasteiger charge is 2.25. The first kappa shape index (κ1) is 12.2.